The fourth-order valence-corrected chi connectivity index (χ4v) is 3.71. The molecule has 4 nitrogen and oxygen atoms in total. The SMILES string of the molecule is C=CC[C@H]1C[C@H]2OC(c3ccccc3)=N[C@H]2C(=O)N1Cc1ccccc1. The molecule has 2 aliphatic heterocycles. The van der Waals surface area contributed by atoms with E-state index in [9.17, 15) is 4.79 Å². The van der Waals surface area contributed by atoms with Gasteiger partial charge < -0.3 is 9.64 Å². The van der Waals surface area contributed by atoms with Crippen molar-refractivity contribution in [2.45, 2.75) is 37.6 Å². The third kappa shape index (κ3) is 3.15. The summed E-state index contributed by atoms with van der Waals surface area (Å²) in [6.07, 6.45) is 3.22. The summed E-state index contributed by atoms with van der Waals surface area (Å²) in [5.41, 5.74) is 2.05. The Morgan fingerprint density at radius 3 is 2.50 bits per heavy atom. The number of carbonyl (C=O) groups excluding carboxylic acids is 1. The van der Waals surface area contributed by atoms with Gasteiger partial charge in [-0.3, -0.25) is 4.79 Å². The van der Waals surface area contributed by atoms with Crippen LogP contribution in [0.5, 0.6) is 0 Å². The first-order valence-electron chi connectivity index (χ1n) is 9.01. The summed E-state index contributed by atoms with van der Waals surface area (Å²) in [7, 11) is 0. The van der Waals surface area contributed by atoms with E-state index in [1.807, 2.05) is 71.6 Å². The standard InChI is InChI=1S/C22H22N2O2/c1-2-9-18-14-19-20(23-21(26-19)17-12-7-4-8-13-17)22(25)24(18)15-16-10-5-3-6-11-16/h2-8,10-13,18-20H,1,9,14-15H2/t18-,19+,20+/m0/s1. The van der Waals surface area contributed by atoms with E-state index in [2.05, 4.69) is 11.6 Å². The van der Waals surface area contributed by atoms with Gasteiger partial charge in [-0.25, -0.2) is 4.99 Å². The number of rotatable bonds is 5. The largest absolute Gasteiger partial charge is 0.471 e. The molecule has 0 saturated carbocycles. The molecule has 2 aromatic carbocycles. The lowest BCUT2D eigenvalue weighted by atomic mass is 9.92. The quantitative estimate of drug-likeness (QED) is 0.777. The average Bonchev–Trinajstić information content (AvgIpc) is 3.11. The number of nitrogens with zero attached hydrogens (tertiary/aromatic N) is 2. The summed E-state index contributed by atoms with van der Waals surface area (Å²) < 4.78 is 6.07. The summed E-state index contributed by atoms with van der Waals surface area (Å²) in [4.78, 5) is 19.7. The molecule has 0 N–H and O–H groups in total. The second-order valence-corrected chi connectivity index (χ2v) is 6.77. The molecule has 1 amide bonds. The van der Waals surface area contributed by atoms with Crippen LogP contribution in [0.4, 0.5) is 0 Å². The van der Waals surface area contributed by atoms with Crippen molar-refractivity contribution >= 4 is 11.8 Å². The van der Waals surface area contributed by atoms with E-state index in [4.69, 9.17) is 4.74 Å². The van der Waals surface area contributed by atoms with Crippen molar-refractivity contribution in [1.82, 2.24) is 4.90 Å². The lowest BCUT2D eigenvalue weighted by Crippen LogP contribution is -2.54. The zero-order chi connectivity index (χ0) is 17.9. The molecule has 132 valence electrons. The van der Waals surface area contributed by atoms with Gasteiger partial charge in [-0.1, -0.05) is 54.6 Å². The first kappa shape index (κ1) is 16.6. The molecule has 0 unspecified atom stereocenters. The number of likely N-dealkylation sites (tertiary alicyclic amines) is 1. The first-order valence-corrected chi connectivity index (χ1v) is 9.01. The fourth-order valence-electron chi connectivity index (χ4n) is 3.71. The van der Waals surface area contributed by atoms with Crippen LogP contribution in [0, 0.1) is 0 Å². The van der Waals surface area contributed by atoms with Gasteiger partial charge in [0.1, 0.15) is 6.10 Å². The summed E-state index contributed by atoms with van der Waals surface area (Å²) in [6, 6.07) is 19.5. The molecule has 2 heterocycles. The van der Waals surface area contributed by atoms with Crippen LogP contribution in [0.15, 0.2) is 78.3 Å². The number of carbonyl (C=O) groups is 1. The van der Waals surface area contributed by atoms with Gasteiger partial charge in [0, 0.05) is 24.6 Å². The molecule has 26 heavy (non-hydrogen) atoms. The van der Waals surface area contributed by atoms with Crippen molar-refractivity contribution in [2.75, 3.05) is 0 Å². The predicted molar refractivity (Wildman–Crippen MR) is 102 cm³/mol. The van der Waals surface area contributed by atoms with E-state index in [0.717, 1.165) is 24.0 Å². The number of ether oxygens (including phenoxy) is 1. The molecule has 1 fully saturated rings. The normalized spacial score (nSPS) is 24.6. The number of amides is 1. The predicted octanol–water partition coefficient (Wildman–Crippen LogP) is 3.58. The van der Waals surface area contributed by atoms with E-state index >= 15 is 0 Å². The highest BCUT2D eigenvalue weighted by atomic mass is 16.5. The molecule has 0 radical (unpaired) electrons. The number of aliphatic imine (C=N–C) groups is 1. The minimum absolute atomic E-state index is 0.0443. The molecule has 1 saturated heterocycles. The van der Waals surface area contributed by atoms with Crippen LogP contribution < -0.4 is 0 Å². The van der Waals surface area contributed by atoms with Crippen molar-refractivity contribution in [2.24, 2.45) is 4.99 Å². The molecule has 0 bridgehead atoms. The second-order valence-electron chi connectivity index (χ2n) is 6.77. The van der Waals surface area contributed by atoms with Crippen LogP contribution in [0.3, 0.4) is 0 Å². The van der Waals surface area contributed by atoms with E-state index in [1.54, 1.807) is 0 Å². The molecule has 0 aliphatic carbocycles. The zero-order valence-electron chi connectivity index (χ0n) is 14.6. The highest BCUT2D eigenvalue weighted by molar-refractivity contribution is 5.99. The van der Waals surface area contributed by atoms with Crippen LogP contribution in [0.25, 0.3) is 0 Å². The van der Waals surface area contributed by atoms with Crippen molar-refractivity contribution in [3.05, 3.63) is 84.4 Å². The Kier molecular flexibility index (Phi) is 4.57. The number of hydrogen-bond acceptors (Lipinski definition) is 3. The van der Waals surface area contributed by atoms with Crippen LogP contribution in [-0.4, -0.2) is 34.9 Å². The molecule has 3 atom stereocenters. The van der Waals surface area contributed by atoms with Crippen LogP contribution in [-0.2, 0) is 16.1 Å². The van der Waals surface area contributed by atoms with E-state index < -0.39 is 6.04 Å². The highest BCUT2D eigenvalue weighted by Crippen LogP contribution is 2.32. The molecule has 4 rings (SSSR count). The van der Waals surface area contributed by atoms with Gasteiger partial charge in [0.25, 0.3) is 5.91 Å². The van der Waals surface area contributed by atoms with Gasteiger partial charge in [-0.15, -0.1) is 6.58 Å². The minimum atomic E-state index is -0.449. The Bertz CT molecular complexity index is 817. The Morgan fingerprint density at radius 1 is 1.12 bits per heavy atom. The molecular weight excluding hydrogens is 324 g/mol. The Hall–Kier alpha value is -2.88. The topological polar surface area (TPSA) is 41.9 Å². The highest BCUT2D eigenvalue weighted by Gasteiger charge is 2.46. The molecular formula is C22H22N2O2. The number of benzene rings is 2. The van der Waals surface area contributed by atoms with Crippen LogP contribution in [0.1, 0.15) is 24.0 Å². The third-order valence-corrected chi connectivity index (χ3v) is 5.01. The molecule has 2 aromatic rings. The first-order chi connectivity index (χ1) is 12.8. The minimum Gasteiger partial charge on any atom is -0.471 e. The second kappa shape index (κ2) is 7.16. The van der Waals surface area contributed by atoms with E-state index in [-0.39, 0.29) is 18.1 Å². The van der Waals surface area contributed by atoms with Gasteiger partial charge in [-0.2, -0.15) is 0 Å². The molecule has 4 heteroatoms. The number of hydrogen-bond donors (Lipinski definition) is 0. The summed E-state index contributed by atoms with van der Waals surface area (Å²) in [6.45, 7) is 4.46. The van der Waals surface area contributed by atoms with Crippen molar-refractivity contribution < 1.29 is 9.53 Å². The van der Waals surface area contributed by atoms with E-state index in [0.29, 0.717) is 12.4 Å². The molecule has 0 aromatic heterocycles. The molecule has 0 spiro atoms. The van der Waals surface area contributed by atoms with Crippen LogP contribution >= 0.6 is 0 Å². The molecule has 2 aliphatic rings. The van der Waals surface area contributed by atoms with Crippen molar-refractivity contribution in [3.8, 4) is 0 Å². The average molecular weight is 346 g/mol. The summed E-state index contributed by atoms with van der Waals surface area (Å²) in [5.74, 6) is 0.621. The van der Waals surface area contributed by atoms with Gasteiger partial charge >= 0.3 is 0 Å². The van der Waals surface area contributed by atoms with E-state index in [1.165, 1.54) is 0 Å². The maximum atomic E-state index is 13.2. The lowest BCUT2D eigenvalue weighted by Gasteiger charge is -2.39. The van der Waals surface area contributed by atoms with Gasteiger partial charge in [-0.05, 0) is 24.1 Å². The Morgan fingerprint density at radius 2 is 1.81 bits per heavy atom. The van der Waals surface area contributed by atoms with Crippen LogP contribution in [0.2, 0.25) is 0 Å². The maximum Gasteiger partial charge on any atom is 0.251 e. The summed E-state index contributed by atoms with van der Waals surface area (Å²) >= 11 is 0. The number of fused-ring (bicyclic) bond motifs is 1. The zero-order valence-corrected chi connectivity index (χ0v) is 14.6. The monoisotopic (exact) mass is 346 g/mol. The van der Waals surface area contributed by atoms with Crippen molar-refractivity contribution in [1.29, 1.82) is 0 Å². The summed E-state index contributed by atoms with van der Waals surface area (Å²) in [5, 5.41) is 0. The Labute approximate surface area is 153 Å². The maximum absolute atomic E-state index is 13.2. The lowest BCUT2D eigenvalue weighted by molar-refractivity contribution is -0.142. The fraction of sp³-hybridized carbons (Fsp3) is 0.273. The third-order valence-electron chi connectivity index (χ3n) is 5.01. The smallest absolute Gasteiger partial charge is 0.251 e. The van der Waals surface area contributed by atoms with Gasteiger partial charge in [0.2, 0.25) is 5.90 Å². The van der Waals surface area contributed by atoms with Crippen molar-refractivity contribution in [3.63, 3.8) is 0 Å². The number of piperidine rings is 1. The van der Waals surface area contributed by atoms with Gasteiger partial charge in [0.05, 0.1) is 0 Å². The van der Waals surface area contributed by atoms with Gasteiger partial charge in [0.15, 0.2) is 6.04 Å². The Balaban J connectivity index is 1.60.